The van der Waals surface area contributed by atoms with Gasteiger partial charge >= 0.3 is 0 Å². The van der Waals surface area contributed by atoms with Crippen molar-refractivity contribution in [3.05, 3.63) is 0 Å². The lowest BCUT2D eigenvalue weighted by atomic mass is 10.1. The smallest absolute Gasteiger partial charge is 0.241 e. The van der Waals surface area contributed by atoms with E-state index in [1.165, 1.54) is 9.80 Å². The number of piperidine rings is 1. The number of carbonyl (C=O) groups is 2. The zero-order chi connectivity index (χ0) is 10.7. The third kappa shape index (κ3) is 2.45. The van der Waals surface area contributed by atoms with Crippen LogP contribution in [0.4, 0.5) is 0 Å². The molecule has 1 aliphatic heterocycles. The number of rotatable bonds is 2. The lowest BCUT2D eigenvalue weighted by molar-refractivity contribution is -0.141. The van der Waals surface area contributed by atoms with E-state index < -0.39 is 6.04 Å². The van der Waals surface area contributed by atoms with Crippen LogP contribution in [0.5, 0.6) is 0 Å². The van der Waals surface area contributed by atoms with Gasteiger partial charge < -0.3 is 15.5 Å². The van der Waals surface area contributed by atoms with Gasteiger partial charge in [0, 0.05) is 20.6 Å². The van der Waals surface area contributed by atoms with Crippen molar-refractivity contribution in [3.8, 4) is 0 Å². The van der Waals surface area contributed by atoms with Crippen molar-refractivity contribution in [1.29, 1.82) is 0 Å². The molecule has 2 N–H and O–H groups in total. The maximum atomic E-state index is 11.5. The van der Waals surface area contributed by atoms with Gasteiger partial charge in [-0.3, -0.25) is 9.59 Å². The van der Waals surface area contributed by atoms with E-state index in [0.717, 1.165) is 12.8 Å². The topological polar surface area (TPSA) is 66.6 Å². The number of hydrogen-bond donors (Lipinski definition) is 1. The van der Waals surface area contributed by atoms with E-state index in [1.807, 2.05) is 0 Å². The van der Waals surface area contributed by atoms with E-state index in [0.29, 0.717) is 6.54 Å². The van der Waals surface area contributed by atoms with Gasteiger partial charge in [-0.25, -0.2) is 0 Å². The van der Waals surface area contributed by atoms with Gasteiger partial charge in [-0.05, 0) is 12.8 Å². The van der Waals surface area contributed by atoms with Gasteiger partial charge in [-0.1, -0.05) is 0 Å². The van der Waals surface area contributed by atoms with Crippen LogP contribution in [-0.4, -0.2) is 54.8 Å². The third-order valence-electron chi connectivity index (χ3n) is 2.40. The van der Waals surface area contributed by atoms with Crippen molar-refractivity contribution in [2.24, 2.45) is 5.73 Å². The summed E-state index contributed by atoms with van der Waals surface area (Å²) in [7, 11) is 3.35. The van der Waals surface area contributed by atoms with E-state index in [-0.39, 0.29) is 18.4 Å². The summed E-state index contributed by atoms with van der Waals surface area (Å²) >= 11 is 0. The molecular weight excluding hydrogens is 182 g/mol. The van der Waals surface area contributed by atoms with Gasteiger partial charge in [0.1, 0.15) is 0 Å². The van der Waals surface area contributed by atoms with E-state index in [2.05, 4.69) is 0 Å². The molecule has 1 atom stereocenters. The summed E-state index contributed by atoms with van der Waals surface area (Å²) in [6.45, 7) is 0.797. The third-order valence-corrected chi connectivity index (χ3v) is 2.40. The predicted molar refractivity (Wildman–Crippen MR) is 52.5 cm³/mol. The molecule has 0 spiro atoms. The van der Waals surface area contributed by atoms with Crippen molar-refractivity contribution in [2.45, 2.75) is 18.9 Å². The van der Waals surface area contributed by atoms with Crippen LogP contribution in [0.25, 0.3) is 0 Å². The largest absolute Gasteiger partial charge is 0.347 e. The summed E-state index contributed by atoms with van der Waals surface area (Å²) in [5.74, 6) is -0.168. The second-order valence-electron chi connectivity index (χ2n) is 3.80. The van der Waals surface area contributed by atoms with E-state index in [9.17, 15) is 9.59 Å². The highest BCUT2D eigenvalue weighted by atomic mass is 16.2. The van der Waals surface area contributed by atoms with Crippen molar-refractivity contribution in [2.75, 3.05) is 27.2 Å². The van der Waals surface area contributed by atoms with Crippen LogP contribution in [0.15, 0.2) is 0 Å². The summed E-state index contributed by atoms with van der Waals surface area (Å²) in [6.07, 6.45) is 1.61. The Labute approximate surface area is 83.8 Å². The Hall–Kier alpha value is -1.10. The maximum Gasteiger partial charge on any atom is 0.241 e. The number of hydrogen-bond acceptors (Lipinski definition) is 3. The molecule has 1 heterocycles. The fourth-order valence-corrected chi connectivity index (χ4v) is 1.43. The van der Waals surface area contributed by atoms with Crippen LogP contribution < -0.4 is 5.73 Å². The van der Waals surface area contributed by atoms with Crippen LogP contribution >= 0.6 is 0 Å². The van der Waals surface area contributed by atoms with Gasteiger partial charge in [-0.15, -0.1) is 0 Å². The molecule has 0 radical (unpaired) electrons. The minimum absolute atomic E-state index is 0.0625. The summed E-state index contributed by atoms with van der Waals surface area (Å²) in [4.78, 5) is 25.9. The van der Waals surface area contributed by atoms with Gasteiger partial charge in [0.05, 0.1) is 12.6 Å². The molecule has 0 aliphatic carbocycles. The molecule has 1 aliphatic rings. The minimum atomic E-state index is -0.418. The summed E-state index contributed by atoms with van der Waals surface area (Å²) in [5.41, 5.74) is 5.60. The monoisotopic (exact) mass is 199 g/mol. The lowest BCUT2D eigenvalue weighted by Gasteiger charge is -2.30. The molecule has 14 heavy (non-hydrogen) atoms. The Morgan fingerprint density at radius 2 is 2.29 bits per heavy atom. The molecule has 0 aromatic carbocycles. The number of nitrogens with zero attached hydrogens (tertiary/aromatic N) is 2. The number of nitrogens with two attached hydrogens (primary N) is 1. The van der Waals surface area contributed by atoms with Crippen LogP contribution in [-0.2, 0) is 9.59 Å². The van der Waals surface area contributed by atoms with Crippen molar-refractivity contribution in [1.82, 2.24) is 9.80 Å². The first-order chi connectivity index (χ1) is 6.52. The molecule has 2 amide bonds. The molecule has 0 aromatic rings. The van der Waals surface area contributed by atoms with Crippen LogP contribution in [0, 0.1) is 0 Å². The highest BCUT2D eigenvalue weighted by molar-refractivity contribution is 5.87. The molecular formula is C9H17N3O2. The Morgan fingerprint density at radius 1 is 1.64 bits per heavy atom. The molecule has 0 unspecified atom stereocenters. The van der Waals surface area contributed by atoms with Gasteiger partial charge in [0.25, 0.3) is 0 Å². The normalized spacial score (nSPS) is 22.4. The highest BCUT2D eigenvalue weighted by Gasteiger charge is 2.27. The van der Waals surface area contributed by atoms with Crippen molar-refractivity contribution in [3.63, 3.8) is 0 Å². The number of carbonyl (C=O) groups excluding carboxylic acids is 2. The molecule has 0 saturated carbocycles. The van der Waals surface area contributed by atoms with Crippen LogP contribution in [0.1, 0.15) is 12.8 Å². The number of likely N-dealkylation sites (tertiary alicyclic amines) is 1. The number of likely N-dealkylation sites (N-methyl/N-ethyl adjacent to an activating group) is 1. The average Bonchev–Trinajstić information content (AvgIpc) is 2.12. The van der Waals surface area contributed by atoms with Gasteiger partial charge in [0.2, 0.25) is 11.8 Å². The highest BCUT2D eigenvalue weighted by Crippen LogP contribution is 2.09. The fourth-order valence-electron chi connectivity index (χ4n) is 1.43. The first kappa shape index (κ1) is 11.0. The second kappa shape index (κ2) is 4.41. The fraction of sp³-hybridized carbons (Fsp3) is 0.778. The summed E-state index contributed by atoms with van der Waals surface area (Å²) < 4.78 is 0. The molecule has 5 heteroatoms. The van der Waals surface area contributed by atoms with Crippen LogP contribution in [0.3, 0.4) is 0 Å². The molecule has 0 bridgehead atoms. The Morgan fingerprint density at radius 3 is 2.86 bits per heavy atom. The quantitative estimate of drug-likeness (QED) is 0.622. The van der Waals surface area contributed by atoms with E-state index >= 15 is 0 Å². The van der Waals surface area contributed by atoms with E-state index in [4.69, 9.17) is 5.73 Å². The Kier molecular flexibility index (Phi) is 3.46. The summed E-state index contributed by atoms with van der Waals surface area (Å²) in [6, 6.07) is -0.418. The van der Waals surface area contributed by atoms with E-state index in [1.54, 1.807) is 14.1 Å². The molecule has 1 fully saturated rings. The zero-order valence-electron chi connectivity index (χ0n) is 8.69. The molecule has 1 rings (SSSR count). The van der Waals surface area contributed by atoms with Gasteiger partial charge in [-0.2, -0.15) is 0 Å². The Balaban J connectivity index is 2.51. The van der Waals surface area contributed by atoms with Crippen LogP contribution in [0.2, 0.25) is 0 Å². The minimum Gasteiger partial charge on any atom is -0.347 e. The SMILES string of the molecule is CN(C)C(=O)CN1CCC[C@H](N)C1=O. The van der Waals surface area contributed by atoms with Crippen molar-refractivity contribution >= 4 is 11.8 Å². The molecule has 1 saturated heterocycles. The predicted octanol–water partition coefficient (Wildman–Crippen LogP) is -0.976. The van der Waals surface area contributed by atoms with Gasteiger partial charge in [0.15, 0.2) is 0 Å². The molecule has 80 valence electrons. The standard InChI is InChI=1S/C9H17N3O2/c1-11(2)8(13)6-12-5-3-4-7(10)9(12)14/h7H,3-6,10H2,1-2H3/t7-/m0/s1. The number of amides is 2. The lowest BCUT2D eigenvalue weighted by Crippen LogP contribution is -2.51. The average molecular weight is 199 g/mol. The summed E-state index contributed by atoms with van der Waals surface area (Å²) in [5, 5.41) is 0. The zero-order valence-corrected chi connectivity index (χ0v) is 8.69. The molecule has 5 nitrogen and oxygen atoms in total. The first-order valence-corrected chi connectivity index (χ1v) is 4.77. The maximum absolute atomic E-state index is 11.5. The van der Waals surface area contributed by atoms with Crippen molar-refractivity contribution < 1.29 is 9.59 Å². The first-order valence-electron chi connectivity index (χ1n) is 4.77. The second-order valence-corrected chi connectivity index (χ2v) is 3.80. The Bertz CT molecular complexity index is 240. The molecule has 0 aromatic heterocycles.